The van der Waals surface area contributed by atoms with Crippen LogP contribution < -0.4 is 5.32 Å². The molecule has 0 aliphatic carbocycles. The number of hydrogen-bond acceptors (Lipinski definition) is 6. The van der Waals surface area contributed by atoms with E-state index in [1.807, 2.05) is 22.9 Å². The average molecular weight is 357 g/mol. The SMILES string of the molecule is CS(=O)(=O)N1CCC[C@H]1C(=O)Nc1nc(-c2cccs2)cs1. The fourth-order valence-corrected chi connectivity index (χ4v) is 5.05. The van der Waals surface area contributed by atoms with Gasteiger partial charge in [-0.25, -0.2) is 13.4 Å². The lowest BCUT2D eigenvalue weighted by atomic mass is 10.2. The normalized spacial score (nSPS) is 19.4. The molecule has 1 fully saturated rings. The molecule has 6 nitrogen and oxygen atoms in total. The fourth-order valence-electron chi connectivity index (χ4n) is 2.46. The van der Waals surface area contributed by atoms with Crippen molar-refractivity contribution in [3.8, 4) is 10.6 Å². The Kier molecular flexibility index (Phi) is 4.31. The highest BCUT2D eigenvalue weighted by Crippen LogP contribution is 2.29. The standard InChI is InChI=1S/C13H15N3O3S3/c1-22(18,19)16-6-2-4-10(16)12(17)15-13-14-9(8-21-13)11-5-3-7-20-11/h3,5,7-8,10H,2,4,6H2,1H3,(H,14,15,17)/t10-/m0/s1. The van der Waals surface area contributed by atoms with Gasteiger partial charge >= 0.3 is 0 Å². The molecule has 2 aromatic rings. The Morgan fingerprint density at radius 2 is 2.27 bits per heavy atom. The number of carbonyl (C=O) groups is 1. The van der Waals surface area contributed by atoms with Gasteiger partial charge in [-0.1, -0.05) is 6.07 Å². The Hall–Kier alpha value is -1.29. The number of nitrogens with one attached hydrogen (secondary N) is 1. The summed E-state index contributed by atoms with van der Waals surface area (Å²) in [6.45, 7) is 0.398. The second-order valence-electron chi connectivity index (χ2n) is 5.04. The number of amides is 1. The molecule has 0 aromatic carbocycles. The van der Waals surface area contributed by atoms with Gasteiger partial charge in [0.25, 0.3) is 0 Å². The first-order valence-corrected chi connectivity index (χ1v) is 10.3. The van der Waals surface area contributed by atoms with Crippen molar-refractivity contribution < 1.29 is 13.2 Å². The van der Waals surface area contributed by atoms with Crippen LogP contribution in [0, 0.1) is 0 Å². The number of aromatic nitrogens is 1. The van der Waals surface area contributed by atoms with Gasteiger partial charge in [0.05, 0.1) is 16.8 Å². The molecule has 0 unspecified atom stereocenters. The molecule has 2 aromatic heterocycles. The number of sulfonamides is 1. The monoisotopic (exact) mass is 357 g/mol. The molecule has 118 valence electrons. The average Bonchev–Trinajstić information content (AvgIpc) is 3.19. The third-order valence-corrected chi connectivity index (χ3v) is 6.38. The molecule has 0 bridgehead atoms. The van der Waals surface area contributed by atoms with E-state index in [0.29, 0.717) is 24.5 Å². The van der Waals surface area contributed by atoms with Gasteiger partial charge in [-0.05, 0) is 24.3 Å². The van der Waals surface area contributed by atoms with Crippen LogP contribution in [0.2, 0.25) is 0 Å². The van der Waals surface area contributed by atoms with E-state index in [4.69, 9.17) is 0 Å². The molecule has 0 saturated carbocycles. The summed E-state index contributed by atoms with van der Waals surface area (Å²) in [5, 5.41) is 7.08. The second kappa shape index (κ2) is 6.07. The van der Waals surface area contributed by atoms with Crippen LogP contribution in [-0.2, 0) is 14.8 Å². The van der Waals surface area contributed by atoms with Crippen LogP contribution in [0.5, 0.6) is 0 Å². The maximum Gasteiger partial charge on any atom is 0.244 e. The van der Waals surface area contributed by atoms with Crippen molar-refractivity contribution in [3.05, 3.63) is 22.9 Å². The minimum absolute atomic E-state index is 0.310. The molecule has 1 N–H and O–H groups in total. The quantitative estimate of drug-likeness (QED) is 0.910. The van der Waals surface area contributed by atoms with Gasteiger partial charge in [-0.15, -0.1) is 22.7 Å². The number of carbonyl (C=O) groups excluding carboxylic acids is 1. The fraction of sp³-hybridized carbons (Fsp3) is 0.385. The molecule has 1 aliphatic heterocycles. The molecule has 0 radical (unpaired) electrons. The van der Waals surface area contributed by atoms with Crippen LogP contribution in [0.15, 0.2) is 22.9 Å². The highest BCUT2D eigenvalue weighted by atomic mass is 32.2. The van der Waals surface area contributed by atoms with Crippen molar-refractivity contribution in [1.29, 1.82) is 0 Å². The molecule has 1 atom stereocenters. The van der Waals surface area contributed by atoms with E-state index in [1.165, 1.54) is 15.6 Å². The summed E-state index contributed by atoms with van der Waals surface area (Å²) in [4.78, 5) is 17.7. The summed E-state index contributed by atoms with van der Waals surface area (Å²) in [7, 11) is -3.36. The van der Waals surface area contributed by atoms with Crippen LogP contribution in [0.25, 0.3) is 10.6 Å². The predicted molar refractivity (Wildman–Crippen MR) is 88.6 cm³/mol. The second-order valence-corrected chi connectivity index (χ2v) is 8.78. The summed E-state index contributed by atoms with van der Waals surface area (Å²) in [5.41, 5.74) is 0.821. The van der Waals surface area contributed by atoms with Crippen LogP contribution in [0.3, 0.4) is 0 Å². The van der Waals surface area contributed by atoms with Gasteiger partial charge in [-0.3, -0.25) is 4.79 Å². The first-order valence-electron chi connectivity index (χ1n) is 6.72. The molecule has 22 heavy (non-hydrogen) atoms. The van der Waals surface area contributed by atoms with E-state index in [1.54, 1.807) is 11.3 Å². The summed E-state index contributed by atoms with van der Waals surface area (Å²) in [6.07, 6.45) is 2.38. The summed E-state index contributed by atoms with van der Waals surface area (Å²) < 4.78 is 24.6. The van der Waals surface area contributed by atoms with Gasteiger partial charge < -0.3 is 5.32 Å². The maximum atomic E-state index is 12.3. The zero-order valence-electron chi connectivity index (χ0n) is 11.9. The molecule has 9 heteroatoms. The first kappa shape index (κ1) is 15.6. The lowest BCUT2D eigenvalue weighted by Gasteiger charge is -2.20. The van der Waals surface area contributed by atoms with Gasteiger partial charge in [0.15, 0.2) is 5.13 Å². The molecule has 1 amide bonds. The smallest absolute Gasteiger partial charge is 0.244 e. The van der Waals surface area contributed by atoms with Crippen LogP contribution in [0.4, 0.5) is 5.13 Å². The third-order valence-electron chi connectivity index (χ3n) is 3.44. The summed E-state index contributed by atoms with van der Waals surface area (Å²) >= 11 is 2.92. The number of thiophene rings is 1. The Labute approximate surface area is 136 Å². The minimum atomic E-state index is -3.36. The van der Waals surface area contributed by atoms with Gasteiger partial charge in [0.1, 0.15) is 6.04 Å². The Morgan fingerprint density at radius 1 is 1.45 bits per heavy atom. The van der Waals surface area contributed by atoms with E-state index in [0.717, 1.165) is 16.8 Å². The lowest BCUT2D eigenvalue weighted by Crippen LogP contribution is -2.42. The number of nitrogens with zero attached hydrogens (tertiary/aromatic N) is 2. The largest absolute Gasteiger partial charge is 0.301 e. The summed E-state index contributed by atoms with van der Waals surface area (Å²) in [6, 6.07) is 3.28. The van der Waals surface area contributed by atoms with E-state index < -0.39 is 16.1 Å². The molecular formula is C13H15N3O3S3. The van der Waals surface area contributed by atoms with E-state index >= 15 is 0 Å². The predicted octanol–water partition coefficient (Wildman–Crippen LogP) is 2.23. The van der Waals surface area contributed by atoms with Gasteiger partial charge in [-0.2, -0.15) is 4.31 Å². The number of anilines is 1. The zero-order chi connectivity index (χ0) is 15.7. The van der Waals surface area contributed by atoms with Gasteiger partial charge in [0.2, 0.25) is 15.9 Å². The molecule has 0 spiro atoms. The highest BCUT2D eigenvalue weighted by molar-refractivity contribution is 7.88. The molecule has 3 heterocycles. The molecule has 3 rings (SSSR count). The van der Waals surface area contributed by atoms with E-state index in [-0.39, 0.29) is 5.91 Å². The van der Waals surface area contributed by atoms with Gasteiger partial charge in [0, 0.05) is 11.9 Å². The molecule has 1 aliphatic rings. The third kappa shape index (κ3) is 3.22. The first-order chi connectivity index (χ1) is 10.4. The summed E-state index contributed by atoms with van der Waals surface area (Å²) in [5.74, 6) is -0.310. The van der Waals surface area contributed by atoms with Crippen molar-refractivity contribution in [2.75, 3.05) is 18.1 Å². The minimum Gasteiger partial charge on any atom is -0.301 e. The van der Waals surface area contributed by atoms with Crippen molar-refractivity contribution >= 4 is 43.7 Å². The van der Waals surface area contributed by atoms with Crippen LogP contribution >= 0.6 is 22.7 Å². The van der Waals surface area contributed by atoms with Crippen molar-refractivity contribution in [2.24, 2.45) is 0 Å². The highest BCUT2D eigenvalue weighted by Gasteiger charge is 2.36. The number of hydrogen-bond donors (Lipinski definition) is 1. The van der Waals surface area contributed by atoms with E-state index in [2.05, 4.69) is 10.3 Å². The lowest BCUT2D eigenvalue weighted by molar-refractivity contribution is -0.119. The maximum absolute atomic E-state index is 12.3. The van der Waals surface area contributed by atoms with Crippen molar-refractivity contribution in [2.45, 2.75) is 18.9 Å². The Morgan fingerprint density at radius 3 is 2.95 bits per heavy atom. The molecule has 1 saturated heterocycles. The van der Waals surface area contributed by atoms with Crippen molar-refractivity contribution in [1.82, 2.24) is 9.29 Å². The van der Waals surface area contributed by atoms with Crippen LogP contribution in [0.1, 0.15) is 12.8 Å². The van der Waals surface area contributed by atoms with Crippen molar-refractivity contribution in [3.63, 3.8) is 0 Å². The topological polar surface area (TPSA) is 79.4 Å². The Bertz CT molecular complexity index is 768. The zero-order valence-corrected chi connectivity index (χ0v) is 14.3. The van der Waals surface area contributed by atoms with Crippen LogP contribution in [-0.4, -0.2) is 42.5 Å². The number of thiazole rings is 1. The molecular weight excluding hydrogens is 342 g/mol. The number of rotatable bonds is 4. The Balaban J connectivity index is 1.72. The van der Waals surface area contributed by atoms with E-state index in [9.17, 15) is 13.2 Å².